The molecule has 3 heteroatoms. The van der Waals surface area contributed by atoms with Crippen LogP contribution in [0, 0.1) is 11.3 Å². The van der Waals surface area contributed by atoms with Gasteiger partial charge in [0, 0.05) is 0 Å². The lowest BCUT2D eigenvalue weighted by molar-refractivity contribution is -0.138. The Morgan fingerprint density at radius 3 is 2.71 bits per heavy atom. The molecule has 1 aromatic rings. The summed E-state index contributed by atoms with van der Waals surface area (Å²) >= 11 is 0. The maximum absolute atomic E-state index is 11.1. The van der Waals surface area contributed by atoms with E-state index in [9.17, 15) is 4.79 Å². The van der Waals surface area contributed by atoms with Crippen LogP contribution in [0.2, 0.25) is 0 Å². The van der Waals surface area contributed by atoms with Crippen molar-refractivity contribution in [2.45, 2.75) is 19.3 Å². The molecule has 17 heavy (non-hydrogen) atoms. The van der Waals surface area contributed by atoms with Gasteiger partial charge in [-0.05, 0) is 17.9 Å². The average molecular weight is 229 g/mol. The third-order valence-electron chi connectivity index (χ3n) is 2.53. The zero-order chi connectivity index (χ0) is 12.7. The first kappa shape index (κ1) is 13.0. The quantitative estimate of drug-likeness (QED) is 0.443. The van der Waals surface area contributed by atoms with Crippen molar-refractivity contribution in [1.82, 2.24) is 0 Å². The molecule has 88 valence electrons. The van der Waals surface area contributed by atoms with Crippen molar-refractivity contribution < 1.29 is 9.53 Å². The van der Waals surface area contributed by atoms with Crippen LogP contribution in [-0.4, -0.2) is 12.6 Å². The monoisotopic (exact) mass is 229 g/mol. The summed E-state index contributed by atoms with van der Waals surface area (Å²) in [6.07, 6.45) is 0.731. The second kappa shape index (κ2) is 6.49. The summed E-state index contributed by atoms with van der Waals surface area (Å²) in [7, 11) is 0. The number of carbonyl (C=O) groups is 1. The van der Waals surface area contributed by atoms with Crippen LogP contribution < -0.4 is 0 Å². The van der Waals surface area contributed by atoms with Crippen LogP contribution in [0.3, 0.4) is 0 Å². The highest BCUT2D eigenvalue weighted by Crippen LogP contribution is 2.18. The number of hydrogen-bond acceptors (Lipinski definition) is 3. The van der Waals surface area contributed by atoms with Gasteiger partial charge in [-0.25, -0.2) is 4.79 Å². The fourth-order valence-electron chi connectivity index (χ4n) is 1.41. The Labute approximate surface area is 101 Å². The van der Waals surface area contributed by atoms with Gasteiger partial charge in [-0.3, -0.25) is 0 Å². The Bertz CT molecular complexity index is 431. The Morgan fingerprint density at radius 2 is 2.12 bits per heavy atom. The second-order valence-corrected chi connectivity index (χ2v) is 3.83. The van der Waals surface area contributed by atoms with Crippen LogP contribution >= 0.6 is 0 Å². The molecule has 0 saturated heterocycles. The van der Waals surface area contributed by atoms with Crippen LogP contribution in [0.4, 0.5) is 0 Å². The molecule has 0 aliphatic carbocycles. The van der Waals surface area contributed by atoms with E-state index in [0.29, 0.717) is 12.5 Å². The fraction of sp³-hybridized carbons (Fsp3) is 0.286. The molecule has 0 radical (unpaired) electrons. The minimum atomic E-state index is -0.632. The maximum atomic E-state index is 11.1. The third kappa shape index (κ3) is 4.12. The molecule has 0 N–H and O–H groups in total. The van der Waals surface area contributed by atoms with Gasteiger partial charge in [-0.15, -0.1) is 0 Å². The number of nitriles is 1. The lowest BCUT2D eigenvalue weighted by Gasteiger charge is -2.11. The molecular formula is C14H15NO2. The Morgan fingerprint density at radius 1 is 1.47 bits per heavy atom. The number of esters is 1. The summed E-state index contributed by atoms with van der Waals surface area (Å²) in [5.74, 6) is -0.313. The van der Waals surface area contributed by atoms with E-state index in [1.54, 1.807) is 6.07 Å². The second-order valence-electron chi connectivity index (χ2n) is 3.83. The fourth-order valence-corrected chi connectivity index (χ4v) is 1.41. The number of nitrogens with zero attached hydrogens (tertiary/aromatic N) is 1. The van der Waals surface area contributed by atoms with E-state index < -0.39 is 5.97 Å². The molecule has 0 bridgehead atoms. The summed E-state index contributed by atoms with van der Waals surface area (Å²) in [6, 6.07) is 11.7. The van der Waals surface area contributed by atoms with Gasteiger partial charge >= 0.3 is 5.97 Å². The first-order valence-corrected chi connectivity index (χ1v) is 5.46. The standard InChI is InChI=1S/C14H15NO2/c1-11(13-6-4-3-5-7-13)8-9-17-14(16)12(2)10-15/h3-7,11H,2,8-9H2,1H3. The van der Waals surface area contributed by atoms with Crippen LogP contribution in [-0.2, 0) is 9.53 Å². The van der Waals surface area contributed by atoms with E-state index in [-0.39, 0.29) is 5.57 Å². The molecule has 1 unspecified atom stereocenters. The number of ether oxygens (including phenoxy) is 1. The molecule has 0 aliphatic heterocycles. The smallest absolute Gasteiger partial charge is 0.348 e. The van der Waals surface area contributed by atoms with Crippen LogP contribution in [0.5, 0.6) is 0 Å². The zero-order valence-corrected chi connectivity index (χ0v) is 9.85. The highest BCUT2D eigenvalue weighted by Gasteiger charge is 2.09. The lowest BCUT2D eigenvalue weighted by Crippen LogP contribution is -2.09. The minimum absolute atomic E-state index is 0.155. The topological polar surface area (TPSA) is 50.1 Å². The highest BCUT2D eigenvalue weighted by atomic mass is 16.5. The predicted octanol–water partition coefficient (Wildman–Crippen LogP) is 2.80. The first-order chi connectivity index (χ1) is 8.15. The maximum Gasteiger partial charge on any atom is 0.348 e. The highest BCUT2D eigenvalue weighted by molar-refractivity contribution is 5.91. The van der Waals surface area contributed by atoms with Crippen LogP contribution in [0.1, 0.15) is 24.8 Å². The number of rotatable bonds is 5. The number of hydrogen-bond donors (Lipinski definition) is 0. The van der Waals surface area contributed by atoms with Crippen LogP contribution in [0.15, 0.2) is 42.5 Å². The molecule has 0 aliphatic rings. The number of benzene rings is 1. The van der Waals surface area contributed by atoms with Gasteiger partial charge in [-0.2, -0.15) is 5.26 Å². The van der Waals surface area contributed by atoms with Crippen molar-refractivity contribution in [3.63, 3.8) is 0 Å². The molecule has 0 saturated carbocycles. The van der Waals surface area contributed by atoms with Crippen molar-refractivity contribution >= 4 is 5.97 Å². The zero-order valence-electron chi connectivity index (χ0n) is 9.85. The summed E-state index contributed by atoms with van der Waals surface area (Å²) < 4.78 is 4.93. The van der Waals surface area contributed by atoms with Crippen LogP contribution in [0.25, 0.3) is 0 Å². The molecule has 1 rings (SSSR count). The van der Waals surface area contributed by atoms with Crippen molar-refractivity contribution in [3.8, 4) is 6.07 Å². The van der Waals surface area contributed by atoms with Gasteiger partial charge < -0.3 is 4.74 Å². The molecule has 1 atom stereocenters. The van der Waals surface area contributed by atoms with Gasteiger partial charge in [0.2, 0.25) is 0 Å². The Hall–Kier alpha value is -2.08. The largest absolute Gasteiger partial charge is 0.462 e. The molecular weight excluding hydrogens is 214 g/mol. The molecule has 3 nitrogen and oxygen atoms in total. The van der Waals surface area contributed by atoms with Gasteiger partial charge in [-0.1, -0.05) is 43.8 Å². The van der Waals surface area contributed by atoms with Gasteiger partial charge in [0.15, 0.2) is 0 Å². The summed E-state index contributed by atoms with van der Waals surface area (Å²) in [5, 5.41) is 8.44. The molecule has 0 heterocycles. The molecule has 0 aromatic heterocycles. The average Bonchev–Trinajstić information content (AvgIpc) is 2.38. The summed E-state index contributed by atoms with van der Waals surface area (Å²) in [6.45, 7) is 5.67. The van der Waals surface area contributed by atoms with Crippen molar-refractivity contribution in [2.75, 3.05) is 6.61 Å². The molecule has 0 fully saturated rings. The Kier molecular flexibility index (Phi) is 4.96. The van der Waals surface area contributed by atoms with E-state index >= 15 is 0 Å². The van der Waals surface area contributed by atoms with Crippen molar-refractivity contribution in [1.29, 1.82) is 5.26 Å². The molecule has 1 aromatic carbocycles. The normalized spacial score (nSPS) is 11.3. The van der Waals surface area contributed by atoms with Crippen molar-refractivity contribution in [2.24, 2.45) is 0 Å². The molecule has 0 spiro atoms. The van der Waals surface area contributed by atoms with E-state index in [1.807, 2.05) is 30.3 Å². The van der Waals surface area contributed by atoms with Crippen molar-refractivity contribution in [3.05, 3.63) is 48.0 Å². The van der Waals surface area contributed by atoms with E-state index in [0.717, 1.165) is 6.42 Å². The van der Waals surface area contributed by atoms with E-state index in [4.69, 9.17) is 10.00 Å². The van der Waals surface area contributed by atoms with Gasteiger partial charge in [0.1, 0.15) is 11.6 Å². The molecule has 0 amide bonds. The predicted molar refractivity (Wildman–Crippen MR) is 65.2 cm³/mol. The third-order valence-corrected chi connectivity index (χ3v) is 2.53. The van der Waals surface area contributed by atoms with E-state index in [1.165, 1.54) is 5.56 Å². The summed E-state index contributed by atoms with van der Waals surface area (Å²) in [5.41, 5.74) is 1.06. The van der Waals surface area contributed by atoms with Gasteiger partial charge in [0.25, 0.3) is 0 Å². The number of carbonyl (C=O) groups excluding carboxylic acids is 1. The van der Waals surface area contributed by atoms with E-state index in [2.05, 4.69) is 13.5 Å². The first-order valence-electron chi connectivity index (χ1n) is 5.46. The van der Waals surface area contributed by atoms with Gasteiger partial charge in [0.05, 0.1) is 6.61 Å². The SMILES string of the molecule is C=C(C#N)C(=O)OCCC(C)c1ccccc1. The lowest BCUT2D eigenvalue weighted by atomic mass is 9.98. The Balaban J connectivity index is 2.35. The minimum Gasteiger partial charge on any atom is -0.462 e. The summed E-state index contributed by atoms with van der Waals surface area (Å²) in [4.78, 5) is 11.1.